The second-order valence-electron chi connectivity index (χ2n) is 3.13. The summed E-state index contributed by atoms with van der Waals surface area (Å²) in [5.41, 5.74) is 0. The summed E-state index contributed by atoms with van der Waals surface area (Å²) in [7, 11) is -0.651. The molecular weight excluding hydrogens is 188 g/mol. The average molecular weight is 204 g/mol. The SMILES string of the molecule is CCNC(=O)NC1CCS(=O)CC1. The van der Waals surface area contributed by atoms with Gasteiger partial charge in [0, 0.05) is 34.9 Å². The third kappa shape index (κ3) is 3.76. The van der Waals surface area contributed by atoms with Crippen molar-refractivity contribution in [2.45, 2.75) is 25.8 Å². The summed E-state index contributed by atoms with van der Waals surface area (Å²) in [6, 6.07) is 0.101. The molecule has 0 bridgehead atoms. The highest BCUT2D eigenvalue weighted by Crippen LogP contribution is 2.08. The first kappa shape index (κ1) is 10.5. The molecule has 1 rings (SSSR count). The number of carbonyl (C=O) groups excluding carboxylic acids is 1. The summed E-state index contributed by atoms with van der Waals surface area (Å²) in [5.74, 6) is 1.44. The quantitative estimate of drug-likeness (QED) is 0.676. The van der Waals surface area contributed by atoms with Crippen molar-refractivity contribution in [1.82, 2.24) is 10.6 Å². The van der Waals surface area contributed by atoms with E-state index in [0.29, 0.717) is 6.54 Å². The molecule has 0 aromatic rings. The van der Waals surface area contributed by atoms with Crippen LogP contribution in [0.4, 0.5) is 4.79 Å². The van der Waals surface area contributed by atoms with Crippen molar-refractivity contribution >= 4 is 16.8 Å². The molecule has 0 atom stereocenters. The van der Waals surface area contributed by atoms with E-state index >= 15 is 0 Å². The van der Waals surface area contributed by atoms with Crippen molar-refractivity contribution < 1.29 is 9.00 Å². The second kappa shape index (κ2) is 5.21. The van der Waals surface area contributed by atoms with Gasteiger partial charge in [-0.3, -0.25) is 4.21 Å². The zero-order chi connectivity index (χ0) is 9.68. The monoisotopic (exact) mass is 204 g/mol. The fraction of sp³-hybridized carbons (Fsp3) is 0.875. The Kier molecular flexibility index (Phi) is 4.21. The van der Waals surface area contributed by atoms with Crippen molar-refractivity contribution in [3.63, 3.8) is 0 Å². The van der Waals surface area contributed by atoms with Gasteiger partial charge in [0.05, 0.1) is 0 Å². The maximum absolute atomic E-state index is 11.1. The summed E-state index contributed by atoms with van der Waals surface area (Å²) < 4.78 is 11.0. The summed E-state index contributed by atoms with van der Waals surface area (Å²) in [6.07, 6.45) is 1.67. The maximum Gasteiger partial charge on any atom is 0.314 e. The van der Waals surface area contributed by atoms with Gasteiger partial charge in [0.25, 0.3) is 0 Å². The molecule has 1 heterocycles. The van der Waals surface area contributed by atoms with E-state index in [2.05, 4.69) is 10.6 Å². The second-order valence-corrected chi connectivity index (χ2v) is 4.82. The van der Waals surface area contributed by atoms with Gasteiger partial charge in [-0.25, -0.2) is 4.79 Å². The van der Waals surface area contributed by atoms with Gasteiger partial charge in [0.2, 0.25) is 0 Å². The Morgan fingerprint density at radius 3 is 2.62 bits per heavy atom. The predicted octanol–water partition coefficient (Wildman–Crippen LogP) is 0.217. The van der Waals surface area contributed by atoms with Gasteiger partial charge >= 0.3 is 6.03 Å². The minimum Gasteiger partial charge on any atom is -0.338 e. The van der Waals surface area contributed by atoms with E-state index in [9.17, 15) is 9.00 Å². The van der Waals surface area contributed by atoms with Gasteiger partial charge in [-0.1, -0.05) is 0 Å². The molecule has 1 aliphatic heterocycles. The Balaban J connectivity index is 2.22. The first-order valence-corrected chi connectivity index (χ1v) is 6.10. The van der Waals surface area contributed by atoms with Crippen LogP contribution < -0.4 is 10.6 Å². The van der Waals surface area contributed by atoms with Gasteiger partial charge in [-0.15, -0.1) is 0 Å². The average Bonchev–Trinajstić information content (AvgIpc) is 2.09. The fourth-order valence-electron chi connectivity index (χ4n) is 1.34. The molecule has 0 aliphatic carbocycles. The van der Waals surface area contributed by atoms with Crippen LogP contribution in [-0.2, 0) is 10.8 Å². The van der Waals surface area contributed by atoms with Crippen molar-refractivity contribution in [2.75, 3.05) is 18.1 Å². The van der Waals surface area contributed by atoms with Gasteiger partial charge in [-0.2, -0.15) is 0 Å². The summed E-state index contributed by atoms with van der Waals surface area (Å²) >= 11 is 0. The van der Waals surface area contributed by atoms with Gasteiger partial charge < -0.3 is 10.6 Å². The van der Waals surface area contributed by atoms with Crippen molar-refractivity contribution in [3.8, 4) is 0 Å². The van der Waals surface area contributed by atoms with E-state index < -0.39 is 10.8 Å². The van der Waals surface area contributed by atoms with Crippen molar-refractivity contribution in [2.24, 2.45) is 0 Å². The lowest BCUT2D eigenvalue weighted by Crippen LogP contribution is -2.44. The lowest BCUT2D eigenvalue weighted by molar-refractivity contribution is 0.236. The summed E-state index contributed by atoms with van der Waals surface area (Å²) in [5, 5.41) is 5.53. The summed E-state index contributed by atoms with van der Waals surface area (Å²) in [6.45, 7) is 2.53. The zero-order valence-electron chi connectivity index (χ0n) is 7.84. The molecule has 1 aliphatic rings. The van der Waals surface area contributed by atoms with Crippen LogP contribution in [0.5, 0.6) is 0 Å². The van der Waals surface area contributed by atoms with Crippen LogP contribution in [0.25, 0.3) is 0 Å². The number of nitrogens with one attached hydrogen (secondary N) is 2. The third-order valence-electron chi connectivity index (χ3n) is 2.06. The number of amides is 2. The number of carbonyl (C=O) groups is 1. The third-order valence-corrected chi connectivity index (χ3v) is 3.44. The van der Waals surface area contributed by atoms with E-state index in [1.54, 1.807) is 0 Å². The predicted molar refractivity (Wildman–Crippen MR) is 53.1 cm³/mol. The van der Waals surface area contributed by atoms with Gasteiger partial charge in [-0.05, 0) is 19.8 Å². The molecule has 5 heteroatoms. The number of hydrogen-bond acceptors (Lipinski definition) is 2. The Hall–Kier alpha value is -0.580. The van der Waals surface area contributed by atoms with Gasteiger partial charge in [0.15, 0.2) is 0 Å². The fourth-order valence-corrected chi connectivity index (χ4v) is 2.63. The molecule has 0 aromatic carbocycles. The number of hydrogen-bond donors (Lipinski definition) is 2. The molecule has 1 saturated heterocycles. The lowest BCUT2D eigenvalue weighted by Gasteiger charge is -2.22. The number of urea groups is 1. The molecule has 0 spiro atoms. The molecule has 4 nitrogen and oxygen atoms in total. The first-order valence-electron chi connectivity index (χ1n) is 4.61. The van der Waals surface area contributed by atoms with Crippen LogP contribution in [0.15, 0.2) is 0 Å². The topological polar surface area (TPSA) is 58.2 Å². The van der Waals surface area contributed by atoms with E-state index in [-0.39, 0.29) is 12.1 Å². The van der Waals surface area contributed by atoms with Crippen LogP contribution >= 0.6 is 0 Å². The Morgan fingerprint density at radius 2 is 2.08 bits per heavy atom. The first-order chi connectivity index (χ1) is 6.22. The minimum atomic E-state index is -0.651. The smallest absolute Gasteiger partial charge is 0.314 e. The van der Waals surface area contributed by atoms with Crippen molar-refractivity contribution in [3.05, 3.63) is 0 Å². The maximum atomic E-state index is 11.1. The zero-order valence-corrected chi connectivity index (χ0v) is 8.65. The summed E-state index contributed by atoms with van der Waals surface area (Å²) in [4.78, 5) is 11.1. The van der Waals surface area contributed by atoms with E-state index in [0.717, 1.165) is 24.3 Å². The molecular formula is C8H16N2O2S. The number of rotatable bonds is 2. The van der Waals surface area contributed by atoms with E-state index in [1.165, 1.54) is 0 Å². The normalized spacial score (nSPS) is 28.1. The van der Waals surface area contributed by atoms with Crippen LogP contribution in [0, 0.1) is 0 Å². The standard InChI is InChI=1S/C8H16N2O2S/c1-2-9-8(11)10-7-3-5-13(12)6-4-7/h7H,2-6H2,1H3,(H2,9,10,11). The molecule has 0 saturated carbocycles. The van der Waals surface area contributed by atoms with E-state index in [4.69, 9.17) is 0 Å². The van der Waals surface area contributed by atoms with Crippen molar-refractivity contribution in [1.29, 1.82) is 0 Å². The van der Waals surface area contributed by atoms with Crippen LogP contribution in [0.3, 0.4) is 0 Å². The Morgan fingerprint density at radius 1 is 1.46 bits per heavy atom. The minimum absolute atomic E-state index is 0.111. The Labute approximate surface area is 80.9 Å². The van der Waals surface area contributed by atoms with Crippen LogP contribution in [0.1, 0.15) is 19.8 Å². The molecule has 0 radical (unpaired) electrons. The van der Waals surface area contributed by atoms with E-state index in [1.807, 2.05) is 6.92 Å². The molecule has 1 fully saturated rings. The highest BCUT2D eigenvalue weighted by molar-refractivity contribution is 7.85. The molecule has 0 unspecified atom stereocenters. The van der Waals surface area contributed by atoms with Crippen LogP contribution in [-0.4, -0.2) is 34.3 Å². The molecule has 13 heavy (non-hydrogen) atoms. The largest absolute Gasteiger partial charge is 0.338 e. The molecule has 2 amide bonds. The lowest BCUT2D eigenvalue weighted by atomic mass is 10.2. The Bertz CT molecular complexity index is 198. The molecule has 76 valence electrons. The molecule has 2 N–H and O–H groups in total. The van der Waals surface area contributed by atoms with Gasteiger partial charge in [0.1, 0.15) is 0 Å². The molecule has 0 aromatic heterocycles. The highest BCUT2D eigenvalue weighted by atomic mass is 32.2. The highest BCUT2D eigenvalue weighted by Gasteiger charge is 2.18. The van der Waals surface area contributed by atoms with Crippen LogP contribution in [0.2, 0.25) is 0 Å².